The molecule has 1 aromatic carbocycles. The van der Waals surface area contributed by atoms with Crippen molar-refractivity contribution >= 4 is 45.4 Å². The molecule has 1 N–H and O–H groups in total. The smallest absolute Gasteiger partial charge is 0.401 e. The summed E-state index contributed by atoms with van der Waals surface area (Å²) in [6.45, 7) is 0. The van der Waals surface area contributed by atoms with Crippen molar-refractivity contribution in [2.45, 2.75) is 0 Å². The van der Waals surface area contributed by atoms with E-state index >= 15 is 0 Å². The Morgan fingerprint density at radius 3 is 2.70 bits per heavy atom. The van der Waals surface area contributed by atoms with Crippen LogP contribution in [-0.2, 0) is 9.59 Å². The van der Waals surface area contributed by atoms with Crippen LogP contribution in [0, 0.1) is 10.1 Å². The molecule has 0 spiro atoms. The third-order valence-corrected chi connectivity index (χ3v) is 3.53. The second kappa shape index (κ2) is 5.69. The summed E-state index contributed by atoms with van der Waals surface area (Å²) in [4.78, 5) is 34.2. The van der Waals surface area contributed by atoms with E-state index < -0.39 is 22.6 Å². The van der Waals surface area contributed by atoms with Crippen LogP contribution in [0.25, 0.3) is 6.08 Å². The third-order valence-electron chi connectivity index (χ3n) is 3.04. The molecule has 2 aromatic rings. The molecule has 3 rings (SSSR count). The number of nitro groups is 1. The van der Waals surface area contributed by atoms with Crippen molar-refractivity contribution in [3.63, 3.8) is 0 Å². The van der Waals surface area contributed by atoms with Gasteiger partial charge < -0.3 is 4.42 Å². The van der Waals surface area contributed by atoms with Crippen LogP contribution < -0.4 is 10.4 Å². The van der Waals surface area contributed by atoms with Crippen LogP contribution in [0.2, 0.25) is 0 Å². The number of halogens is 1. The van der Waals surface area contributed by atoms with Crippen molar-refractivity contribution in [1.29, 1.82) is 0 Å². The van der Waals surface area contributed by atoms with Gasteiger partial charge >= 0.3 is 5.88 Å². The number of benzene rings is 1. The van der Waals surface area contributed by atoms with Crippen molar-refractivity contribution in [3.8, 4) is 0 Å². The highest BCUT2D eigenvalue weighted by atomic mass is 79.9. The minimum Gasteiger partial charge on any atom is -0.401 e. The van der Waals surface area contributed by atoms with Gasteiger partial charge in [0.1, 0.15) is 16.3 Å². The average Bonchev–Trinajstić information content (AvgIpc) is 3.08. The molecule has 9 heteroatoms. The zero-order chi connectivity index (χ0) is 16.6. The molecule has 0 aliphatic carbocycles. The highest BCUT2D eigenvalue weighted by Crippen LogP contribution is 2.25. The third kappa shape index (κ3) is 2.86. The predicted molar refractivity (Wildman–Crippen MR) is 83.1 cm³/mol. The van der Waals surface area contributed by atoms with Crippen molar-refractivity contribution in [2.75, 3.05) is 5.01 Å². The standard InChI is InChI=1S/C14H8BrN3O5/c15-8-2-1-3-9(6-8)17-14(20)11(13(19)16-17)7-10-4-5-12(23-10)18(21)22/h1-7H,(H,16,19)/b11-7+. The van der Waals surface area contributed by atoms with Crippen LogP contribution in [0.15, 0.2) is 50.9 Å². The molecule has 8 nitrogen and oxygen atoms in total. The Labute approximate surface area is 137 Å². The van der Waals surface area contributed by atoms with Crippen LogP contribution in [0.4, 0.5) is 11.6 Å². The summed E-state index contributed by atoms with van der Waals surface area (Å²) in [7, 11) is 0. The fourth-order valence-electron chi connectivity index (χ4n) is 2.01. The van der Waals surface area contributed by atoms with E-state index in [1.807, 2.05) is 0 Å². The molecule has 23 heavy (non-hydrogen) atoms. The van der Waals surface area contributed by atoms with Gasteiger partial charge in [-0.1, -0.05) is 22.0 Å². The summed E-state index contributed by atoms with van der Waals surface area (Å²) in [5, 5.41) is 11.7. The van der Waals surface area contributed by atoms with Gasteiger partial charge in [0.15, 0.2) is 0 Å². The molecule has 2 heterocycles. The number of nitrogens with one attached hydrogen (secondary N) is 1. The van der Waals surface area contributed by atoms with Crippen molar-refractivity contribution in [1.82, 2.24) is 5.43 Å². The van der Waals surface area contributed by atoms with Crippen LogP contribution in [0.5, 0.6) is 0 Å². The van der Waals surface area contributed by atoms with Crippen molar-refractivity contribution in [3.05, 3.63) is 62.3 Å². The fraction of sp³-hybridized carbons (Fsp3) is 0. The zero-order valence-corrected chi connectivity index (χ0v) is 12.9. The molecule has 2 amide bonds. The maximum atomic E-state index is 12.4. The second-order valence-corrected chi connectivity index (χ2v) is 5.47. The van der Waals surface area contributed by atoms with Crippen molar-refractivity contribution in [2.24, 2.45) is 0 Å². The zero-order valence-electron chi connectivity index (χ0n) is 11.4. The van der Waals surface area contributed by atoms with Gasteiger partial charge in [0.05, 0.1) is 11.8 Å². The summed E-state index contributed by atoms with van der Waals surface area (Å²) < 4.78 is 5.68. The maximum absolute atomic E-state index is 12.4. The SMILES string of the molecule is O=C1NN(c2cccc(Br)c2)C(=O)/C1=C/c1ccc([N+](=O)[O-])o1. The number of anilines is 1. The number of hydrogen-bond donors (Lipinski definition) is 1. The molecule has 0 unspecified atom stereocenters. The summed E-state index contributed by atoms with van der Waals surface area (Å²) in [5.74, 6) is -1.61. The summed E-state index contributed by atoms with van der Waals surface area (Å²) in [6, 6.07) is 9.28. The van der Waals surface area contributed by atoms with Gasteiger partial charge in [0.2, 0.25) is 0 Å². The first kappa shape index (κ1) is 15.0. The summed E-state index contributed by atoms with van der Waals surface area (Å²) in [6.07, 6.45) is 1.17. The number of rotatable bonds is 3. The number of hydrogen-bond acceptors (Lipinski definition) is 5. The van der Waals surface area contributed by atoms with E-state index in [1.165, 1.54) is 12.1 Å². The van der Waals surface area contributed by atoms with Gasteiger partial charge in [-0.2, -0.15) is 0 Å². The van der Waals surface area contributed by atoms with Gasteiger partial charge in [0, 0.05) is 4.47 Å². The molecule has 0 radical (unpaired) electrons. The van der Waals surface area contributed by atoms with Crippen LogP contribution in [0.1, 0.15) is 5.76 Å². The number of amides is 2. The summed E-state index contributed by atoms with van der Waals surface area (Å²) in [5.41, 5.74) is 2.73. The van der Waals surface area contributed by atoms with Crippen LogP contribution in [-0.4, -0.2) is 16.7 Å². The van der Waals surface area contributed by atoms with Crippen LogP contribution >= 0.6 is 15.9 Å². The first-order valence-corrected chi connectivity index (χ1v) is 7.12. The monoisotopic (exact) mass is 377 g/mol. The Bertz CT molecular complexity index is 858. The van der Waals surface area contributed by atoms with E-state index in [-0.39, 0.29) is 11.3 Å². The summed E-state index contributed by atoms with van der Waals surface area (Å²) >= 11 is 3.29. The Morgan fingerprint density at radius 2 is 2.04 bits per heavy atom. The van der Waals surface area contributed by atoms with Crippen molar-refractivity contribution < 1.29 is 18.9 Å². The second-order valence-electron chi connectivity index (χ2n) is 4.55. The molecule has 0 saturated carbocycles. The molecular weight excluding hydrogens is 370 g/mol. The van der Waals surface area contributed by atoms with Gasteiger partial charge in [-0.15, -0.1) is 0 Å². The molecular formula is C14H8BrN3O5. The van der Waals surface area contributed by atoms with E-state index in [4.69, 9.17) is 4.42 Å². The lowest BCUT2D eigenvalue weighted by atomic mass is 10.2. The molecule has 0 bridgehead atoms. The number of carbonyl (C=O) groups excluding carboxylic acids is 2. The van der Waals surface area contributed by atoms with E-state index in [9.17, 15) is 19.7 Å². The number of carbonyl (C=O) groups is 2. The van der Waals surface area contributed by atoms with Gasteiger partial charge in [0.25, 0.3) is 11.8 Å². The van der Waals surface area contributed by atoms with Gasteiger partial charge in [-0.25, -0.2) is 5.01 Å². The lowest BCUT2D eigenvalue weighted by molar-refractivity contribution is -0.402. The molecule has 1 saturated heterocycles. The number of nitrogens with zero attached hydrogens (tertiary/aromatic N) is 2. The minimum absolute atomic E-state index is 0.0475. The highest BCUT2D eigenvalue weighted by Gasteiger charge is 2.35. The molecule has 116 valence electrons. The highest BCUT2D eigenvalue weighted by molar-refractivity contribution is 9.10. The molecule has 1 aromatic heterocycles. The molecule has 1 aliphatic rings. The Kier molecular flexibility index (Phi) is 3.70. The largest absolute Gasteiger partial charge is 0.433 e. The topological polar surface area (TPSA) is 106 Å². The molecule has 0 atom stereocenters. The maximum Gasteiger partial charge on any atom is 0.433 e. The predicted octanol–water partition coefficient (Wildman–Crippen LogP) is 2.41. The van der Waals surface area contributed by atoms with E-state index in [0.717, 1.165) is 15.5 Å². The Hall–Kier alpha value is -2.94. The fourth-order valence-corrected chi connectivity index (χ4v) is 2.40. The van der Waals surface area contributed by atoms with E-state index in [1.54, 1.807) is 24.3 Å². The molecule has 1 aliphatic heterocycles. The van der Waals surface area contributed by atoms with E-state index in [2.05, 4.69) is 21.4 Å². The number of furan rings is 1. The average molecular weight is 378 g/mol. The number of hydrazine groups is 1. The Balaban J connectivity index is 1.91. The van der Waals surface area contributed by atoms with E-state index in [0.29, 0.717) is 5.69 Å². The first-order chi connectivity index (χ1) is 11.0. The van der Waals surface area contributed by atoms with Crippen LogP contribution in [0.3, 0.4) is 0 Å². The quantitative estimate of drug-likeness (QED) is 0.382. The minimum atomic E-state index is -0.702. The first-order valence-electron chi connectivity index (χ1n) is 6.32. The lowest BCUT2D eigenvalue weighted by Gasteiger charge is -2.14. The van der Waals surface area contributed by atoms with Gasteiger partial charge in [-0.05, 0) is 30.3 Å². The Morgan fingerprint density at radius 1 is 1.26 bits per heavy atom. The lowest BCUT2D eigenvalue weighted by Crippen LogP contribution is -2.35. The molecule has 1 fully saturated rings. The van der Waals surface area contributed by atoms with Gasteiger partial charge in [-0.3, -0.25) is 25.1 Å². The normalized spacial score (nSPS) is 16.0.